The third kappa shape index (κ3) is 1.67. The summed E-state index contributed by atoms with van der Waals surface area (Å²) < 4.78 is 0. The van der Waals surface area contributed by atoms with Crippen LogP contribution >= 0.6 is 11.6 Å². The summed E-state index contributed by atoms with van der Waals surface area (Å²) in [4.78, 5) is 4.47. The summed E-state index contributed by atoms with van der Waals surface area (Å²) in [7, 11) is 0. The summed E-state index contributed by atoms with van der Waals surface area (Å²) in [5, 5.41) is 3.95. The van der Waals surface area contributed by atoms with Gasteiger partial charge in [0.15, 0.2) is 0 Å². The predicted octanol–water partition coefficient (Wildman–Crippen LogP) is 4.66. The molecule has 0 aliphatic carbocycles. The van der Waals surface area contributed by atoms with Crippen molar-refractivity contribution in [1.82, 2.24) is 4.98 Å². The van der Waals surface area contributed by atoms with Gasteiger partial charge >= 0.3 is 0 Å². The summed E-state index contributed by atoms with van der Waals surface area (Å²) in [6.07, 6.45) is 0. The lowest BCUT2D eigenvalue weighted by Gasteiger charge is -2.07. The van der Waals surface area contributed by atoms with E-state index in [1.165, 1.54) is 16.5 Å². The molecule has 84 valence electrons. The minimum absolute atomic E-state index is 0.585. The van der Waals surface area contributed by atoms with Gasteiger partial charge in [0.25, 0.3) is 0 Å². The molecule has 0 saturated heterocycles. The largest absolute Gasteiger partial charge is 0.235 e. The number of hydrogen-bond donors (Lipinski definition) is 0. The Balaban J connectivity index is 2.55. The van der Waals surface area contributed by atoms with E-state index >= 15 is 0 Å². The molecule has 0 spiro atoms. The lowest BCUT2D eigenvalue weighted by Crippen LogP contribution is -1.86. The molecule has 0 aliphatic rings. The number of fused-ring (bicyclic) bond motifs is 3. The topological polar surface area (TPSA) is 12.9 Å². The Morgan fingerprint density at radius 3 is 2.24 bits per heavy atom. The van der Waals surface area contributed by atoms with Gasteiger partial charge in [-0.25, -0.2) is 4.98 Å². The summed E-state index contributed by atoms with van der Waals surface area (Å²) in [5.41, 5.74) is 3.37. The zero-order chi connectivity index (χ0) is 12.0. The molecule has 17 heavy (non-hydrogen) atoms. The molecule has 0 radical (unpaired) electrons. The number of nitrogens with zero attached hydrogens (tertiary/aromatic N) is 1. The van der Waals surface area contributed by atoms with Gasteiger partial charge in [0, 0.05) is 10.8 Å². The van der Waals surface area contributed by atoms with Crippen LogP contribution in [0.1, 0.15) is 11.1 Å². The number of benzene rings is 2. The van der Waals surface area contributed by atoms with Crippen LogP contribution in [0.15, 0.2) is 36.4 Å². The smallest absolute Gasteiger partial charge is 0.137 e. The molecular formula is C15H12ClN. The van der Waals surface area contributed by atoms with Crippen LogP contribution in [0.5, 0.6) is 0 Å². The first-order chi connectivity index (χ1) is 8.15. The van der Waals surface area contributed by atoms with E-state index in [4.69, 9.17) is 11.6 Å². The monoisotopic (exact) mass is 241 g/mol. The van der Waals surface area contributed by atoms with E-state index in [1.807, 2.05) is 0 Å². The Labute approximate surface area is 105 Å². The van der Waals surface area contributed by atoms with Gasteiger partial charge in [-0.05, 0) is 36.9 Å². The molecule has 0 saturated carbocycles. The van der Waals surface area contributed by atoms with Gasteiger partial charge in [0.05, 0.1) is 5.52 Å². The number of rotatable bonds is 0. The average molecular weight is 242 g/mol. The van der Waals surface area contributed by atoms with Crippen LogP contribution in [-0.2, 0) is 0 Å². The molecular weight excluding hydrogens is 230 g/mol. The molecule has 0 aliphatic heterocycles. The fourth-order valence-corrected chi connectivity index (χ4v) is 2.44. The van der Waals surface area contributed by atoms with Crippen LogP contribution in [0, 0.1) is 13.8 Å². The fourth-order valence-electron chi connectivity index (χ4n) is 2.19. The Hall–Kier alpha value is -1.60. The molecule has 2 heteroatoms. The van der Waals surface area contributed by atoms with Gasteiger partial charge in [0.2, 0.25) is 0 Å². The van der Waals surface area contributed by atoms with Crippen molar-refractivity contribution >= 4 is 33.3 Å². The first-order valence-corrected chi connectivity index (χ1v) is 5.99. The molecule has 1 nitrogen and oxygen atoms in total. The maximum absolute atomic E-state index is 6.25. The van der Waals surface area contributed by atoms with Gasteiger partial charge in [-0.3, -0.25) is 0 Å². The number of pyridine rings is 1. The Kier molecular flexibility index (Phi) is 2.30. The average Bonchev–Trinajstić information content (AvgIpc) is 2.29. The van der Waals surface area contributed by atoms with Gasteiger partial charge in [-0.2, -0.15) is 0 Å². The highest BCUT2D eigenvalue weighted by molar-refractivity contribution is 6.35. The van der Waals surface area contributed by atoms with Crippen molar-refractivity contribution in [2.45, 2.75) is 13.8 Å². The quantitative estimate of drug-likeness (QED) is 0.412. The van der Waals surface area contributed by atoms with Gasteiger partial charge in [-0.1, -0.05) is 41.4 Å². The lowest BCUT2D eigenvalue weighted by molar-refractivity contribution is 1.40. The van der Waals surface area contributed by atoms with Crippen molar-refractivity contribution in [2.75, 3.05) is 0 Å². The summed E-state index contributed by atoms with van der Waals surface area (Å²) in [6.45, 7) is 4.13. The lowest BCUT2D eigenvalue weighted by atomic mass is 10.0. The van der Waals surface area contributed by atoms with Crippen LogP contribution in [-0.4, -0.2) is 4.98 Å². The molecule has 0 bridgehead atoms. The van der Waals surface area contributed by atoms with E-state index in [2.05, 4.69) is 55.2 Å². The molecule has 0 unspecified atom stereocenters. The molecule has 2 aromatic carbocycles. The molecule has 1 heterocycles. The minimum atomic E-state index is 0.585. The van der Waals surface area contributed by atoms with Gasteiger partial charge < -0.3 is 0 Å². The second-order valence-corrected chi connectivity index (χ2v) is 4.83. The van der Waals surface area contributed by atoms with Crippen LogP contribution in [0.3, 0.4) is 0 Å². The Morgan fingerprint density at radius 1 is 0.824 bits per heavy atom. The highest BCUT2D eigenvalue weighted by Gasteiger charge is 2.06. The van der Waals surface area contributed by atoms with Crippen LogP contribution < -0.4 is 0 Å². The highest BCUT2D eigenvalue weighted by atomic mass is 35.5. The number of halogens is 1. The van der Waals surface area contributed by atoms with Crippen LogP contribution in [0.2, 0.25) is 5.15 Å². The summed E-state index contributed by atoms with van der Waals surface area (Å²) in [5.74, 6) is 0. The SMILES string of the molecule is Cc1ccc2c(c1)nc(Cl)c1cc(C)ccc12. The predicted molar refractivity (Wildman–Crippen MR) is 73.7 cm³/mol. The third-order valence-electron chi connectivity index (χ3n) is 3.06. The molecule has 1 aromatic heterocycles. The van der Waals surface area contributed by atoms with E-state index in [0.29, 0.717) is 5.15 Å². The highest BCUT2D eigenvalue weighted by Crippen LogP contribution is 2.30. The van der Waals surface area contributed by atoms with Gasteiger partial charge in [-0.15, -0.1) is 0 Å². The zero-order valence-electron chi connectivity index (χ0n) is 9.79. The van der Waals surface area contributed by atoms with Crippen LogP contribution in [0.25, 0.3) is 21.7 Å². The minimum Gasteiger partial charge on any atom is -0.235 e. The summed E-state index contributed by atoms with van der Waals surface area (Å²) in [6, 6.07) is 12.6. The van der Waals surface area contributed by atoms with Crippen molar-refractivity contribution in [3.05, 3.63) is 52.7 Å². The van der Waals surface area contributed by atoms with Crippen molar-refractivity contribution in [3.8, 4) is 0 Å². The Bertz CT molecular complexity index is 732. The molecule has 3 aromatic rings. The zero-order valence-corrected chi connectivity index (χ0v) is 10.5. The van der Waals surface area contributed by atoms with Gasteiger partial charge in [0.1, 0.15) is 5.15 Å². The van der Waals surface area contributed by atoms with E-state index in [9.17, 15) is 0 Å². The van der Waals surface area contributed by atoms with Crippen molar-refractivity contribution < 1.29 is 0 Å². The van der Waals surface area contributed by atoms with E-state index in [0.717, 1.165) is 16.3 Å². The van der Waals surface area contributed by atoms with E-state index in [-0.39, 0.29) is 0 Å². The van der Waals surface area contributed by atoms with Crippen LogP contribution in [0.4, 0.5) is 0 Å². The normalized spacial score (nSPS) is 11.2. The van der Waals surface area contributed by atoms with E-state index < -0.39 is 0 Å². The second-order valence-electron chi connectivity index (χ2n) is 4.47. The first kappa shape index (κ1) is 10.5. The number of aryl methyl sites for hydroxylation is 2. The molecule has 0 fully saturated rings. The van der Waals surface area contributed by atoms with Crippen molar-refractivity contribution in [3.63, 3.8) is 0 Å². The summed E-state index contributed by atoms with van der Waals surface area (Å²) >= 11 is 6.25. The first-order valence-electron chi connectivity index (χ1n) is 5.61. The molecule has 3 rings (SSSR count). The second kappa shape index (κ2) is 3.71. The standard InChI is InChI=1S/C15H12ClN/c1-9-3-5-11-12-6-4-10(2)8-14(12)17-15(16)13(11)7-9/h3-8H,1-2H3. The maximum Gasteiger partial charge on any atom is 0.137 e. The number of hydrogen-bond acceptors (Lipinski definition) is 1. The third-order valence-corrected chi connectivity index (χ3v) is 3.35. The molecule has 0 N–H and O–H groups in total. The fraction of sp³-hybridized carbons (Fsp3) is 0.133. The van der Waals surface area contributed by atoms with Crippen molar-refractivity contribution in [1.29, 1.82) is 0 Å². The molecule has 0 atom stereocenters. The maximum atomic E-state index is 6.25. The Morgan fingerprint density at radius 2 is 1.47 bits per heavy atom. The van der Waals surface area contributed by atoms with Crippen molar-refractivity contribution in [2.24, 2.45) is 0 Å². The van der Waals surface area contributed by atoms with E-state index in [1.54, 1.807) is 0 Å². The number of aromatic nitrogens is 1. The molecule has 0 amide bonds.